The Morgan fingerprint density at radius 2 is 1.84 bits per heavy atom. The van der Waals surface area contributed by atoms with E-state index < -0.39 is 6.10 Å². The van der Waals surface area contributed by atoms with Gasteiger partial charge in [0.1, 0.15) is 11.5 Å². The first kappa shape index (κ1) is 16.4. The number of likely N-dealkylation sites (tertiary alicyclic amines) is 1. The lowest BCUT2D eigenvalue weighted by atomic mass is 10.0. The highest BCUT2D eigenvalue weighted by Gasteiger charge is 2.42. The van der Waals surface area contributed by atoms with E-state index >= 15 is 0 Å². The van der Waals surface area contributed by atoms with E-state index in [9.17, 15) is 10.2 Å². The number of fused-ring (bicyclic) bond motifs is 1. The molecular weight excluding hydrogens is 316 g/mol. The van der Waals surface area contributed by atoms with Crippen molar-refractivity contribution in [2.24, 2.45) is 11.8 Å². The largest absolute Gasteiger partial charge is 0.508 e. The van der Waals surface area contributed by atoms with E-state index in [4.69, 9.17) is 4.74 Å². The lowest BCUT2D eigenvalue weighted by molar-refractivity contribution is 0.116. The predicted octanol–water partition coefficient (Wildman–Crippen LogP) is 2.61. The third-order valence-electron chi connectivity index (χ3n) is 5.43. The van der Waals surface area contributed by atoms with Crippen LogP contribution in [0.25, 0.3) is 0 Å². The fourth-order valence-corrected chi connectivity index (χ4v) is 4.24. The van der Waals surface area contributed by atoms with Crippen LogP contribution in [0.1, 0.15) is 24.5 Å². The van der Waals surface area contributed by atoms with Gasteiger partial charge in [0.25, 0.3) is 0 Å². The molecule has 1 unspecified atom stereocenters. The number of hydrogen-bond acceptors (Lipinski definition) is 5. The highest BCUT2D eigenvalue weighted by Crippen LogP contribution is 2.40. The highest BCUT2D eigenvalue weighted by molar-refractivity contribution is 5.27. The molecule has 5 heteroatoms. The van der Waals surface area contributed by atoms with E-state index in [0.717, 1.165) is 37.2 Å². The molecule has 2 heterocycles. The van der Waals surface area contributed by atoms with Crippen molar-refractivity contribution in [3.63, 3.8) is 0 Å². The summed E-state index contributed by atoms with van der Waals surface area (Å²) in [6.07, 6.45) is 5.45. The zero-order chi connectivity index (χ0) is 17.2. The Balaban J connectivity index is 1.28. The number of nitrogens with zero attached hydrogens (tertiary/aromatic N) is 2. The molecule has 0 bridgehead atoms. The minimum atomic E-state index is -0.512. The average Bonchev–Trinajstić information content (AvgIpc) is 3.14. The molecule has 4 atom stereocenters. The Morgan fingerprint density at radius 3 is 2.48 bits per heavy atom. The fourth-order valence-electron chi connectivity index (χ4n) is 4.24. The van der Waals surface area contributed by atoms with Gasteiger partial charge in [0.2, 0.25) is 0 Å². The SMILES string of the molecule is Oc1ccc(C(O)CN2C[C@H]3C[C@@H](Oc4cccnc4)C[C@H]3C2)cc1. The molecule has 132 valence electrons. The number of ether oxygens (including phenoxy) is 1. The van der Waals surface area contributed by atoms with Crippen LogP contribution in [0.3, 0.4) is 0 Å². The number of aliphatic hydroxyl groups excluding tert-OH is 1. The molecule has 1 aliphatic heterocycles. The molecule has 1 aromatic heterocycles. The van der Waals surface area contributed by atoms with Crippen LogP contribution < -0.4 is 4.74 Å². The van der Waals surface area contributed by atoms with Gasteiger partial charge in [0.15, 0.2) is 0 Å². The maximum Gasteiger partial charge on any atom is 0.137 e. The van der Waals surface area contributed by atoms with Crippen molar-refractivity contribution in [3.05, 3.63) is 54.4 Å². The Bertz CT molecular complexity index is 678. The second-order valence-electron chi connectivity index (χ2n) is 7.25. The van der Waals surface area contributed by atoms with Crippen molar-refractivity contribution in [1.29, 1.82) is 0 Å². The topological polar surface area (TPSA) is 65.8 Å². The summed E-state index contributed by atoms with van der Waals surface area (Å²) in [6.45, 7) is 2.69. The minimum Gasteiger partial charge on any atom is -0.508 e. The smallest absolute Gasteiger partial charge is 0.137 e. The number of β-amino-alcohol motifs (C(OH)–C–C–N with tert-alkyl or cyclic N) is 1. The van der Waals surface area contributed by atoms with E-state index in [-0.39, 0.29) is 11.9 Å². The van der Waals surface area contributed by atoms with Gasteiger partial charge in [-0.1, -0.05) is 12.1 Å². The predicted molar refractivity (Wildman–Crippen MR) is 94.4 cm³/mol. The second-order valence-corrected chi connectivity index (χ2v) is 7.25. The molecule has 1 aliphatic carbocycles. The number of hydrogen-bond donors (Lipinski definition) is 2. The van der Waals surface area contributed by atoms with Crippen molar-refractivity contribution in [2.75, 3.05) is 19.6 Å². The molecule has 0 spiro atoms. The zero-order valence-corrected chi connectivity index (χ0v) is 14.2. The van der Waals surface area contributed by atoms with Gasteiger partial charge < -0.3 is 14.9 Å². The molecule has 1 saturated heterocycles. The minimum absolute atomic E-state index is 0.228. The molecular formula is C20H24N2O3. The number of benzene rings is 1. The first-order valence-corrected chi connectivity index (χ1v) is 8.93. The van der Waals surface area contributed by atoms with Gasteiger partial charge >= 0.3 is 0 Å². The first-order valence-electron chi connectivity index (χ1n) is 8.93. The van der Waals surface area contributed by atoms with E-state index in [1.807, 2.05) is 12.1 Å². The summed E-state index contributed by atoms with van der Waals surface area (Å²) in [5, 5.41) is 19.8. The van der Waals surface area contributed by atoms with Gasteiger partial charge in [0, 0.05) is 25.8 Å². The maximum atomic E-state index is 10.4. The maximum absolute atomic E-state index is 10.4. The molecule has 1 saturated carbocycles. The highest BCUT2D eigenvalue weighted by atomic mass is 16.5. The van der Waals surface area contributed by atoms with Gasteiger partial charge in [-0.05, 0) is 54.5 Å². The Morgan fingerprint density at radius 1 is 1.12 bits per heavy atom. The van der Waals surface area contributed by atoms with E-state index in [1.54, 1.807) is 36.7 Å². The van der Waals surface area contributed by atoms with Crippen molar-refractivity contribution < 1.29 is 14.9 Å². The number of phenolic OH excluding ortho intramolecular Hbond substituents is 1. The quantitative estimate of drug-likeness (QED) is 0.876. The molecule has 4 rings (SSSR count). The van der Waals surface area contributed by atoms with Crippen molar-refractivity contribution in [1.82, 2.24) is 9.88 Å². The Kier molecular flexibility index (Phi) is 4.59. The summed E-state index contributed by atoms with van der Waals surface area (Å²) in [6, 6.07) is 10.7. The summed E-state index contributed by atoms with van der Waals surface area (Å²) in [7, 11) is 0. The summed E-state index contributed by atoms with van der Waals surface area (Å²) in [4.78, 5) is 6.46. The summed E-state index contributed by atoms with van der Waals surface area (Å²) < 4.78 is 6.05. The normalized spacial score (nSPS) is 27.2. The molecule has 1 aromatic carbocycles. The second kappa shape index (κ2) is 7.02. The molecule has 2 aliphatic rings. The monoisotopic (exact) mass is 340 g/mol. The molecule has 25 heavy (non-hydrogen) atoms. The van der Waals surface area contributed by atoms with Gasteiger partial charge in [0.05, 0.1) is 18.4 Å². The first-order chi connectivity index (χ1) is 12.2. The van der Waals surface area contributed by atoms with Gasteiger partial charge in [-0.15, -0.1) is 0 Å². The van der Waals surface area contributed by atoms with Crippen molar-refractivity contribution in [2.45, 2.75) is 25.0 Å². The Labute approximate surface area is 147 Å². The number of rotatable bonds is 5. The van der Waals surface area contributed by atoms with E-state index in [2.05, 4.69) is 9.88 Å². The third-order valence-corrected chi connectivity index (χ3v) is 5.43. The lowest BCUT2D eigenvalue weighted by Crippen LogP contribution is -2.28. The summed E-state index contributed by atoms with van der Waals surface area (Å²) >= 11 is 0. The molecule has 2 aromatic rings. The van der Waals surface area contributed by atoms with Gasteiger partial charge in [-0.2, -0.15) is 0 Å². The van der Waals surface area contributed by atoms with Crippen molar-refractivity contribution in [3.8, 4) is 11.5 Å². The average molecular weight is 340 g/mol. The Hall–Kier alpha value is -2.11. The summed E-state index contributed by atoms with van der Waals surface area (Å²) in [5.74, 6) is 2.38. The lowest BCUT2D eigenvalue weighted by Gasteiger charge is -2.22. The zero-order valence-electron chi connectivity index (χ0n) is 14.2. The number of aromatic hydroxyl groups is 1. The van der Waals surface area contributed by atoms with E-state index in [0.29, 0.717) is 18.4 Å². The van der Waals surface area contributed by atoms with Crippen LogP contribution in [0.15, 0.2) is 48.8 Å². The molecule has 0 radical (unpaired) electrons. The number of aromatic nitrogens is 1. The fraction of sp³-hybridized carbons (Fsp3) is 0.450. The van der Waals surface area contributed by atoms with Crippen LogP contribution in [0.5, 0.6) is 11.5 Å². The molecule has 5 nitrogen and oxygen atoms in total. The number of pyridine rings is 1. The van der Waals surface area contributed by atoms with Crippen LogP contribution in [-0.4, -0.2) is 45.8 Å². The van der Waals surface area contributed by atoms with Crippen LogP contribution >= 0.6 is 0 Å². The molecule has 2 N–H and O–H groups in total. The van der Waals surface area contributed by atoms with Crippen LogP contribution in [0.4, 0.5) is 0 Å². The third kappa shape index (κ3) is 3.78. The molecule has 0 amide bonds. The number of aliphatic hydroxyl groups is 1. The van der Waals surface area contributed by atoms with Crippen LogP contribution in [0.2, 0.25) is 0 Å². The van der Waals surface area contributed by atoms with Crippen LogP contribution in [-0.2, 0) is 0 Å². The van der Waals surface area contributed by atoms with Crippen molar-refractivity contribution >= 4 is 0 Å². The van der Waals surface area contributed by atoms with Gasteiger partial charge in [-0.3, -0.25) is 9.88 Å². The molecule has 2 fully saturated rings. The standard InChI is InChI=1S/C20H24N2O3/c23-17-5-3-14(4-6-17)20(24)13-22-11-15-8-19(9-16(15)12-22)25-18-2-1-7-21-10-18/h1-7,10,15-16,19-20,23-24H,8-9,11-13H2/t15-,16+,19-,20?. The van der Waals surface area contributed by atoms with Crippen LogP contribution in [0, 0.1) is 11.8 Å². The number of phenols is 1. The van der Waals surface area contributed by atoms with E-state index in [1.165, 1.54) is 0 Å². The van der Waals surface area contributed by atoms with Gasteiger partial charge in [-0.25, -0.2) is 0 Å². The summed E-state index contributed by atoms with van der Waals surface area (Å²) in [5.41, 5.74) is 0.854.